The van der Waals surface area contributed by atoms with Crippen molar-refractivity contribution in [1.82, 2.24) is 5.32 Å². The first-order chi connectivity index (χ1) is 9.74. The number of rotatable bonds is 6. The van der Waals surface area contributed by atoms with Crippen LogP contribution in [0.5, 0.6) is 5.75 Å². The molecule has 0 bridgehead atoms. The summed E-state index contributed by atoms with van der Waals surface area (Å²) in [6.07, 6.45) is 6.53. The summed E-state index contributed by atoms with van der Waals surface area (Å²) < 4.78 is 17.6. The standard InChI is InChI=1S/C16H25NO2S/c1-17-16(13-6-4-3-5-7-13)12-20(18)15-10-8-14(19-2)9-11-15/h8-11,13,16-17H,3-7,12H2,1-2H3. The van der Waals surface area contributed by atoms with Crippen molar-refractivity contribution in [1.29, 1.82) is 0 Å². The molecule has 4 heteroatoms. The normalized spacial score (nSPS) is 19.5. The van der Waals surface area contributed by atoms with Gasteiger partial charge in [0.05, 0.1) is 17.9 Å². The van der Waals surface area contributed by atoms with Crippen LogP contribution in [0.2, 0.25) is 0 Å². The molecule has 0 heterocycles. The summed E-state index contributed by atoms with van der Waals surface area (Å²) in [6, 6.07) is 7.92. The van der Waals surface area contributed by atoms with Crippen molar-refractivity contribution < 1.29 is 8.95 Å². The third-order valence-electron chi connectivity index (χ3n) is 4.24. The topological polar surface area (TPSA) is 38.3 Å². The summed E-state index contributed by atoms with van der Waals surface area (Å²) in [5, 5.41) is 3.38. The van der Waals surface area contributed by atoms with Gasteiger partial charge in [-0.25, -0.2) is 0 Å². The summed E-state index contributed by atoms with van der Waals surface area (Å²) in [6.45, 7) is 0. The Hall–Kier alpha value is -0.870. The maximum atomic E-state index is 12.5. The molecule has 0 radical (unpaired) electrons. The van der Waals surface area contributed by atoms with Gasteiger partial charge >= 0.3 is 0 Å². The van der Waals surface area contributed by atoms with Crippen LogP contribution in [0.4, 0.5) is 0 Å². The maximum absolute atomic E-state index is 12.5. The average molecular weight is 295 g/mol. The van der Waals surface area contributed by atoms with Crippen LogP contribution in [-0.2, 0) is 10.8 Å². The molecule has 1 saturated carbocycles. The molecule has 1 fully saturated rings. The molecule has 2 rings (SSSR count). The van der Waals surface area contributed by atoms with E-state index in [4.69, 9.17) is 4.74 Å². The van der Waals surface area contributed by atoms with E-state index in [0.29, 0.717) is 17.7 Å². The summed E-state index contributed by atoms with van der Waals surface area (Å²) in [7, 11) is 2.69. The molecule has 0 aromatic heterocycles. The van der Waals surface area contributed by atoms with Gasteiger partial charge in [-0.05, 0) is 50.1 Å². The van der Waals surface area contributed by atoms with Gasteiger partial charge in [-0.15, -0.1) is 0 Å². The minimum absolute atomic E-state index is 0.359. The Kier molecular flexibility index (Phi) is 6.05. The van der Waals surface area contributed by atoms with Crippen LogP contribution in [0.3, 0.4) is 0 Å². The van der Waals surface area contributed by atoms with E-state index >= 15 is 0 Å². The fraction of sp³-hybridized carbons (Fsp3) is 0.625. The minimum Gasteiger partial charge on any atom is -0.497 e. The highest BCUT2D eigenvalue weighted by atomic mass is 32.2. The van der Waals surface area contributed by atoms with Gasteiger partial charge in [-0.2, -0.15) is 0 Å². The molecule has 2 atom stereocenters. The molecule has 1 N–H and O–H groups in total. The van der Waals surface area contributed by atoms with Gasteiger partial charge in [0.1, 0.15) is 5.75 Å². The predicted octanol–water partition coefficient (Wildman–Crippen LogP) is 2.97. The molecule has 1 aromatic carbocycles. The molecule has 1 aliphatic rings. The molecule has 3 nitrogen and oxygen atoms in total. The van der Waals surface area contributed by atoms with Crippen molar-refractivity contribution in [3.8, 4) is 5.75 Å². The number of benzene rings is 1. The lowest BCUT2D eigenvalue weighted by Crippen LogP contribution is -2.39. The maximum Gasteiger partial charge on any atom is 0.118 e. The summed E-state index contributed by atoms with van der Waals surface area (Å²) in [5.74, 6) is 2.19. The van der Waals surface area contributed by atoms with Gasteiger partial charge in [-0.3, -0.25) is 4.21 Å². The smallest absolute Gasteiger partial charge is 0.118 e. The van der Waals surface area contributed by atoms with Gasteiger partial charge in [0.25, 0.3) is 0 Å². The first-order valence-corrected chi connectivity index (χ1v) is 8.76. The summed E-state index contributed by atoms with van der Waals surface area (Å²) in [5.41, 5.74) is 0. The third-order valence-corrected chi connectivity index (χ3v) is 5.70. The van der Waals surface area contributed by atoms with Crippen LogP contribution in [-0.4, -0.2) is 30.2 Å². The Balaban J connectivity index is 1.96. The zero-order valence-corrected chi connectivity index (χ0v) is 13.2. The SMILES string of the molecule is CNC(CS(=O)c1ccc(OC)cc1)C1CCCCC1. The lowest BCUT2D eigenvalue weighted by atomic mass is 9.84. The van der Waals surface area contributed by atoms with Crippen LogP contribution >= 0.6 is 0 Å². The molecule has 0 amide bonds. The fourth-order valence-corrected chi connectivity index (χ4v) is 4.38. The highest BCUT2D eigenvalue weighted by molar-refractivity contribution is 7.85. The quantitative estimate of drug-likeness (QED) is 0.877. The largest absolute Gasteiger partial charge is 0.497 e. The fourth-order valence-electron chi connectivity index (χ4n) is 2.98. The van der Waals surface area contributed by atoms with E-state index in [0.717, 1.165) is 10.6 Å². The van der Waals surface area contributed by atoms with Crippen LogP contribution in [0, 0.1) is 5.92 Å². The zero-order chi connectivity index (χ0) is 14.4. The molecule has 0 saturated heterocycles. The van der Waals surface area contributed by atoms with Crippen LogP contribution in [0.1, 0.15) is 32.1 Å². The Bertz CT molecular complexity index is 427. The van der Waals surface area contributed by atoms with E-state index in [2.05, 4.69) is 5.32 Å². The minimum atomic E-state index is -0.943. The Morgan fingerprint density at radius 2 is 1.90 bits per heavy atom. The third kappa shape index (κ3) is 4.06. The van der Waals surface area contributed by atoms with Gasteiger partial charge in [-0.1, -0.05) is 19.3 Å². The molecule has 1 aromatic rings. The predicted molar refractivity (Wildman–Crippen MR) is 83.7 cm³/mol. The van der Waals surface area contributed by atoms with E-state index in [1.807, 2.05) is 31.3 Å². The van der Waals surface area contributed by atoms with Crippen LogP contribution in [0.15, 0.2) is 29.2 Å². The molecular weight excluding hydrogens is 270 g/mol. The van der Waals surface area contributed by atoms with Crippen molar-refractivity contribution >= 4 is 10.8 Å². The molecular formula is C16H25NO2S. The zero-order valence-electron chi connectivity index (χ0n) is 12.4. The van der Waals surface area contributed by atoms with Crippen molar-refractivity contribution in [3.05, 3.63) is 24.3 Å². The van der Waals surface area contributed by atoms with Gasteiger partial charge in [0.2, 0.25) is 0 Å². The Labute approximate surface area is 124 Å². The lowest BCUT2D eigenvalue weighted by Gasteiger charge is -2.29. The molecule has 20 heavy (non-hydrogen) atoms. The summed E-state index contributed by atoms with van der Waals surface area (Å²) >= 11 is 0. The molecule has 112 valence electrons. The molecule has 2 unspecified atom stereocenters. The van der Waals surface area contributed by atoms with E-state index in [1.165, 1.54) is 32.1 Å². The van der Waals surface area contributed by atoms with Crippen LogP contribution in [0.25, 0.3) is 0 Å². The van der Waals surface area contributed by atoms with Gasteiger partial charge in [0.15, 0.2) is 0 Å². The van der Waals surface area contributed by atoms with Gasteiger partial charge < -0.3 is 10.1 Å². The van der Waals surface area contributed by atoms with Crippen molar-refractivity contribution in [2.45, 2.75) is 43.0 Å². The van der Waals surface area contributed by atoms with E-state index in [1.54, 1.807) is 7.11 Å². The number of methoxy groups -OCH3 is 1. The Morgan fingerprint density at radius 1 is 1.25 bits per heavy atom. The first-order valence-electron chi connectivity index (χ1n) is 7.44. The number of hydrogen-bond acceptors (Lipinski definition) is 3. The average Bonchev–Trinajstić information content (AvgIpc) is 2.53. The van der Waals surface area contributed by atoms with Crippen molar-refractivity contribution in [2.24, 2.45) is 5.92 Å². The number of ether oxygens (including phenoxy) is 1. The second kappa shape index (κ2) is 7.79. The van der Waals surface area contributed by atoms with Crippen LogP contribution < -0.4 is 10.1 Å². The summed E-state index contributed by atoms with van der Waals surface area (Å²) in [4.78, 5) is 0.891. The second-order valence-electron chi connectivity index (χ2n) is 5.48. The van der Waals surface area contributed by atoms with E-state index < -0.39 is 10.8 Å². The highest BCUT2D eigenvalue weighted by Gasteiger charge is 2.24. The van der Waals surface area contributed by atoms with E-state index in [9.17, 15) is 4.21 Å². The highest BCUT2D eigenvalue weighted by Crippen LogP contribution is 2.27. The van der Waals surface area contributed by atoms with E-state index in [-0.39, 0.29) is 0 Å². The van der Waals surface area contributed by atoms with Crippen molar-refractivity contribution in [2.75, 3.05) is 19.9 Å². The molecule has 0 aliphatic heterocycles. The molecule has 0 spiro atoms. The first kappa shape index (κ1) is 15.5. The lowest BCUT2D eigenvalue weighted by molar-refractivity contribution is 0.294. The van der Waals surface area contributed by atoms with Crippen molar-refractivity contribution in [3.63, 3.8) is 0 Å². The monoisotopic (exact) mass is 295 g/mol. The molecule has 1 aliphatic carbocycles. The number of hydrogen-bond donors (Lipinski definition) is 1. The number of nitrogens with one attached hydrogen (secondary N) is 1. The second-order valence-corrected chi connectivity index (χ2v) is 6.98. The van der Waals surface area contributed by atoms with Gasteiger partial charge in [0, 0.05) is 16.7 Å². The Morgan fingerprint density at radius 3 is 2.45 bits per heavy atom.